The number of benzene rings is 1. The van der Waals surface area contributed by atoms with E-state index in [-0.39, 0.29) is 24.4 Å². The lowest BCUT2D eigenvalue weighted by Gasteiger charge is -2.17. The second-order valence-electron chi connectivity index (χ2n) is 4.18. The van der Waals surface area contributed by atoms with E-state index in [1.807, 2.05) is 0 Å². The fourth-order valence-corrected chi connectivity index (χ4v) is 2.13. The number of rotatable bonds is 3. The molecule has 0 spiro atoms. The predicted molar refractivity (Wildman–Crippen MR) is 66.2 cm³/mol. The zero-order chi connectivity index (χ0) is 13.3. The molecule has 0 bridgehead atoms. The lowest BCUT2D eigenvalue weighted by atomic mass is 9.94. The van der Waals surface area contributed by atoms with E-state index in [9.17, 15) is 14.0 Å². The third kappa shape index (κ3) is 2.18. The highest BCUT2D eigenvalue weighted by atomic mass is 35.5. The molecule has 6 heteroatoms. The minimum Gasteiger partial charge on any atom is -0.356 e. The van der Waals surface area contributed by atoms with Crippen molar-refractivity contribution in [3.8, 4) is 0 Å². The number of amides is 2. The summed E-state index contributed by atoms with van der Waals surface area (Å²) in [6.07, 6.45) is -0.119. The molecule has 2 N–H and O–H groups in total. The number of carbonyl (C=O) groups excluding carboxylic acids is 2. The second kappa shape index (κ2) is 4.57. The van der Waals surface area contributed by atoms with E-state index in [1.54, 1.807) is 12.1 Å². The molecule has 0 aliphatic carbocycles. The Morgan fingerprint density at radius 1 is 1.56 bits per heavy atom. The molecule has 1 aliphatic heterocycles. The van der Waals surface area contributed by atoms with E-state index in [1.165, 1.54) is 13.0 Å². The van der Waals surface area contributed by atoms with Crippen molar-refractivity contribution in [1.82, 2.24) is 5.32 Å². The highest BCUT2D eigenvalue weighted by Crippen LogP contribution is 2.42. The van der Waals surface area contributed by atoms with Gasteiger partial charge in [-0.25, -0.2) is 4.39 Å². The van der Waals surface area contributed by atoms with Crippen molar-refractivity contribution in [2.24, 2.45) is 0 Å². The van der Waals surface area contributed by atoms with Crippen LogP contribution < -0.4 is 10.6 Å². The fourth-order valence-electron chi connectivity index (χ4n) is 1.96. The molecule has 1 aromatic carbocycles. The Hall–Kier alpha value is -1.62. The highest BCUT2D eigenvalue weighted by Gasteiger charge is 2.47. The van der Waals surface area contributed by atoms with Gasteiger partial charge in [0.25, 0.3) is 5.91 Å². The van der Waals surface area contributed by atoms with Crippen molar-refractivity contribution < 1.29 is 14.0 Å². The Kier molecular flexibility index (Phi) is 3.26. The van der Waals surface area contributed by atoms with Gasteiger partial charge in [0.15, 0.2) is 0 Å². The van der Waals surface area contributed by atoms with E-state index in [0.29, 0.717) is 10.7 Å². The number of hydrogen-bond acceptors (Lipinski definition) is 2. The van der Waals surface area contributed by atoms with Crippen LogP contribution in [0.3, 0.4) is 0 Å². The largest absolute Gasteiger partial charge is 0.356 e. The molecule has 96 valence electrons. The van der Waals surface area contributed by atoms with Crippen molar-refractivity contribution in [2.45, 2.75) is 19.0 Å². The zero-order valence-electron chi connectivity index (χ0n) is 9.72. The molecule has 0 radical (unpaired) electrons. The van der Waals surface area contributed by atoms with Crippen LogP contribution in [0, 0.1) is 0 Å². The average Bonchev–Trinajstić information content (AvgIpc) is 2.52. The van der Waals surface area contributed by atoms with Gasteiger partial charge in [-0.05, 0) is 18.2 Å². The van der Waals surface area contributed by atoms with Crippen molar-refractivity contribution in [1.29, 1.82) is 0 Å². The van der Waals surface area contributed by atoms with E-state index in [2.05, 4.69) is 10.6 Å². The van der Waals surface area contributed by atoms with Crippen molar-refractivity contribution in [2.75, 3.05) is 11.9 Å². The van der Waals surface area contributed by atoms with Gasteiger partial charge in [0, 0.05) is 36.2 Å². The summed E-state index contributed by atoms with van der Waals surface area (Å²) in [6, 6.07) is 4.58. The summed E-state index contributed by atoms with van der Waals surface area (Å²) in [7, 11) is 0. The number of hydrogen-bond donors (Lipinski definition) is 2. The molecule has 1 unspecified atom stereocenters. The number of alkyl halides is 1. The topological polar surface area (TPSA) is 58.2 Å². The second-order valence-corrected chi connectivity index (χ2v) is 4.61. The molecule has 0 saturated heterocycles. The number of fused-ring (bicyclic) bond motifs is 1. The molecule has 2 rings (SSSR count). The van der Waals surface area contributed by atoms with Gasteiger partial charge >= 0.3 is 0 Å². The van der Waals surface area contributed by atoms with Gasteiger partial charge in [-0.1, -0.05) is 11.6 Å². The van der Waals surface area contributed by atoms with Crippen molar-refractivity contribution in [3.05, 3.63) is 28.8 Å². The van der Waals surface area contributed by atoms with Gasteiger partial charge in [-0.15, -0.1) is 0 Å². The lowest BCUT2D eigenvalue weighted by molar-refractivity contribution is -0.128. The van der Waals surface area contributed by atoms with E-state index in [0.717, 1.165) is 0 Å². The Labute approximate surface area is 109 Å². The summed E-state index contributed by atoms with van der Waals surface area (Å²) in [5, 5.41) is 5.31. The van der Waals surface area contributed by atoms with Crippen molar-refractivity contribution >= 4 is 29.1 Å². The standard InChI is InChI=1S/C12H12ClFN2O2/c1-7(17)15-5-4-12(14)9-6-8(13)2-3-10(9)16-11(12)18/h2-3,6H,4-5H2,1H3,(H,15,17)(H,16,18). The summed E-state index contributed by atoms with van der Waals surface area (Å²) >= 11 is 5.81. The first kappa shape index (κ1) is 12.8. The first-order chi connectivity index (χ1) is 8.43. The van der Waals surface area contributed by atoms with Crippen LogP contribution in [0.2, 0.25) is 5.02 Å². The smallest absolute Gasteiger partial charge is 0.266 e. The van der Waals surface area contributed by atoms with Crippen LogP contribution in [-0.2, 0) is 15.3 Å². The Morgan fingerprint density at radius 3 is 2.94 bits per heavy atom. The van der Waals surface area contributed by atoms with E-state index >= 15 is 0 Å². The highest BCUT2D eigenvalue weighted by molar-refractivity contribution is 6.31. The van der Waals surface area contributed by atoms with Crippen LogP contribution in [0.1, 0.15) is 18.9 Å². The van der Waals surface area contributed by atoms with E-state index < -0.39 is 11.6 Å². The molecule has 18 heavy (non-hydrogen) atoms. The molecular formula is C12H12ClFN2O2. The number of anilines is 1. The van der Waals surface area contributed by atoms with Gasteiger partial charge in [0.2, 0.25) is 11.6 Å². The average molecular weight is 271 g/mol. The summed E-state index contributed by atoms with van der Waals surface area (Å²) < 4.78 is 14.7. The lowest BCUT2D eigenvalue weighted by Crippen LogP contribution is -2.34. The molecule has 0 aromatic heterocycles. The number of nitrogens with one attached hydrogen (secondary N) is 2. The molecule has 1 atom stereocenters. The van der Waals surface area contributed by atoms with Crippen LogP contribution in [0.15, 0.2) is 18.2 Å². The first-order valence-corrected chi connectivity index (χ1v) is 5.86. The SMILES string of the molecule is CC(=O)NCCC1(F)C(=O)Nc2ccc(Cl)cc21. The molecule has 1 heterocycles. The molecular weight excluding hydrogens is 259 g/mol. The Balaban J connectivity index is 2.24. The number of halogens is 2. The maximum absolute atomic E-state index is 14.7. The minimum absolute atomic E-state index is 0.0885. The minimum atomic E-state index is -2.14. The van der Waals surface area contributed by atoms with Gasteiger partial charge in [-0.3, -0.25) is 9.59 Å². The molecule has 4 nitrogen and oxygen atoms in total. The summed E-state index contributed by atoms with van der Waals surface area (Å²) in [5.41, 5.74) is -1.48. The maximum Gasteiger partial charge on any atom is 0.266 e. The first-order valence-electron chi connectivity index (χ1n) is 5.48. The van der Waals surface area contributed by atoms with Gasteiger partial charge < -0.3 is 10.6 Å². The van der Waals surface area contributed by atoms with Gasteiger partial charge in [-0.2, -0.15) is 0 Å². The third-order valence-electron chi connectivity index (χ3n) is 2.86. The van der Waals surface area contributed by atoms with Gasteiger partial charge in [0.1, 0.15) is 0 Å². The molecule has 0 fully saturated rings. The quantitative estimate of drug-likeness (QED) is 0.882. The molecule has 0 saturated carbocycles. The Morgan fingerprint density at radius 2 is 2.28 bits per heavy atom. The van der Waals surface area contributed by atoms with Crippen LogP contribution in [-0.4, -0.2) is 18.4 Å². The monoisotopic (exact) mass is 270 g/mol. The van der Waals surface area contributed by atoms with E-state index in [4.69, 9.17) is 11.6 Å². The maximum atomic E-state index is 14.7. The summed E-state index contributed by atoms with van der Waals surface area (Å²) in [4.78, 5) is 22.4. The van der Waals surface area contributed by atoms with Crippen molar-refractivity contribution in [3.63, 3.8) is 0 Å². The van der Waals surface area contributed by atoms with Crippen LogP contribution >= 0.6 is 11.6 Å². The zero-order valence-corrected chi connectivity index (χ0v) is 10.5. The van der Waals surface area contributed by atoms with Crippen LogP contribution in [0.25, 0.3) is 0 Å². The molecule has 2 amide bonds. The number of carbonyl (C=O) groups is 2. The summed E-state index contributed by atoms with van der Waals surface area (Å²) in [5.74, 6) is -0.978. The third-order valence-corrected chi connectivity index (χ3v) is 3.10. The molecule has 1 aromatic rings. The normalized spacial score (nSPS) is 21.4. The van der Waals surface area contributed by atoms with Crippen LogP contribution in [0.5, 0.6) is 0 Å². The van der Waals surface area contributed by atoms with Crippen LogP contribution in [0.4, 0.5) is 10.1 Å². The Bertz CT molecular complexity index is 521. The molecule has 1 aliphatic rings. The fraction of sp³-hybridized carbons (Fsp3) is 0.333. The predicted octanol–water partition coefficient (Wildman–Crippen LogP) is 1.98. The van der Waals surface area contributed by atoms with Gasteiger partial charge in [0.05, 0.1) is 0 Å². The summed E-state index contributed by atoms with van der Waals surface area (Å²) in [6.45, 7) is 1.43.